The Bertz CT molecular complexity index is 1540. The molecule has 1 heterocycles. The smallest absolute Gasteiger partial charge is 0.164 e. The standard InChI is InChI=1S/C33H23N3/c1-5-13-24(14-6-1)28-21-22-29(25-15-7-2-8-16-25)30(23-28)33-35-31(26-17-9-3-10-18-26)34-32(36-33)27-19-11-4-12-20-27/h1-23H. The molecule has 3 nitrogen and oxygen atoms in total. The van der Waals surface area contributed by atoms with Gasteiger partial charge in [0.2, 0.25) is 0 Å². The van der Waals surface area contributed by atoms with Crippen LogP contribution in [-0.4, -0.2) is 15.0 Å². The minimum absolute atomic E-state index is 0.652. The molecule has 5 aromatic carbocycles. The Balaban J connectivity index is 1.61. The summed E-state index contributed by atoms with van der Waals surface area (Å²) in [5, 5.41) is 0. The molecule has 0 unspecified atom stereocenters. The molecule has 170 valence electrons. The van der Waals surface area contributed by atoms with Crippen LogP contribution in [-0.2, 0) is 0 Å². The van der Waals surface area contributed by atoms with Crippen LogP contribution in [0.5, 0.6) is 0 Å². The Kier molecular flexibility index (Phi) is 5.87. The highest BCUT2D eigenvalue weighted by atomic mass is 15.0. The third kappa shape index (κ3) is 4.42. The van der Waals surface area contributed by atoms with Crippen molar-refractivity contribution in [3.8, 4) is 56.4 Å². The van der Waals surface area contributed by atoms with Gasteiger partial charge in [0, 0.05) is 16.7 Å². The van der Waals surface area contributed by atoms with Gasteiger partial charge in [-0.1, -0.05) is 133 Å². The van der Waals surface area contributed by atoms with Crippen molar-refractivity contribution in [3.05, 3.63) is 140 Å². The van der Waals surface area contributed by atoms with E-state index >= 15 is 0 Å². The summed E-state index contributed by atoms with van der Waals surface area (Å²) in [5.41, 5.74) is 7.36. The summed E-state index contributed by atoms with van der Waals surface area (Å²) >= 11 is 0. The van der Waals surface area contributed by atoms with E-state index in [0.717, 1.165) is 38.9 Å². The highest BCUT2D eigenvalue weighted by Gasteiger charge is 2.16. The molecule has 0 atom stereocenters. The molecule has 0 aliphatic heterocycles. The normalized spacial score (nSPS) is 10.8. The first-order chi connectivity index (χ1) is 17.8. The average molecular weight is 462 g/mol. The summed E-state index contributed by atoms with van der Waals surface area (Å²) < 4.78 is 0. The molecule has 0 bridgehead atoms. The van der Waals surface area contributed by atoms with Crippen molar-refractivity contribution in [1.29, 1.82) is 0 Å². The molecule has 0 saturated heterocycles. The highest BCUT2D eigenvalue weighted by Crippen LogP contribution is 2.35. The van der Waals surface area contributed by atoms with E-state index < -0.39 is 0 Å². The van der Waals surface area contributed by atoms with Gasteiger partial charge in [-0.25, -0.2) is 15.0 Å². The molecule has 3 heteroatoms. The van der Waals surface area contributed by atoms with Crippen molar-refractivity contribution < 1.29 is 0 Å². The Labute approximate surface area is 210 Å². The summed E-state index contributed by atoms with van der Waals surface area (Å²) in [6.45, 7) is 0. The lowest BCUT2D eigenvalue weighted by atomic mass is 9.94. The van der Waals surface area contributed by atoms with Gasteiger partial charge in [-0.2, -0.15) is 0 Å². The fraction of sp³-hybridized carbons (Fsp3) is 0. The number of hydrogen-bond acceptors (Lipinski definition) is 3. The number of rotatable bonds is 5. The first kappa shape index (κ1) is 21.6. The second kappa shape index (κ2) is 9.77. The number of nitrogens with zero attached hydrogens (tertiary/aromatic N) is 3. The van der Waals surface area contributed by atoms with Crippen LogP contribution in [0, 0.1) is 0 Å². The summed E-state index contributed by atoms with van der Waals surface area (Å²) in [6.07, 6.45) is 0. The molecule has 0 radical (unpaired) electrons. The Morgan fingerprint density at radius 2 is 0.694 bits per heavy atom. The summed E-state index contributed by atoms with van der Waals surface area (Å²) in [6, 6.07) is 47.5. The largest absolute Gasteiger partial charge is 0.208 e. The Hall–Kier alpha value is -4.89. The predicted octanol–water partition coefficient (Wildman–Crippen LogP) is 8.21. The van der Waals surface area contributed by atoms with Crippen molar-refractivity contribution in [2.45, 2.75) is 0 Å². The van der Waals surface area contributed by atoms with E-state index in [4.69, 9.17) is 15.0 Å². The molecule has 0 aliphatic carbocycles. The predicted molar refractivity (Wildman–Crippen MR) is 147 cm³/mol. The topological polar surface area (TPSA) is 38.7 Å². The molecule has 0 saturated carbocycles. The van der Waals surface area contributed by atoms with Gasteiger partial charge >= 0.3 is 0 Å². The molecule has 6 rings (SSSR count). The maximum Gasteiger partial charge on any atom is 0.164 e. The zero-order valence-electron chi connectivity index (χ0n) is 19.6. The molecular formula is C33H23N3. The first-order valence-electron chi connectivity index (χ1n) is 12.0. The third-order valence-electron chi connectivity index (χ3n) is 6.15. The maximum atomic E-state index is 5.00. The molecule has 0 N–H and O–H groups in total. The van der Waals surface area contributed by atoms with E-state index in [1.807, 2.05) is 72.8 Å². The molecule has 0 fully saturated rings. The Morgan fingerprint density at radius 1 is 0.278 bits per heavy atom. The third-order valence-corrected chi connectivity index (χ3v) is 6.15. The van der Waals surface area contributed by atoms with Gasteiger partial charge in [0.05, 0.1) is 0 Å². The van der Waals surface area contributed by atoms with Crippen LogP contribution in [0.2, 0.25) is 0 Å². The van der Waals surface area contributed by atoms with Gasteiger partial charge in [-0.3, -0.25) is 0 Å². The number of aromatic nitrogens is 3. The second-order valence-electron chi connectivity index (χ2n) is 8.53. The molecule has 36 heavy (non-hydrogen) atoms. The quantitative estimate of drug-likeness (QED) is 0.260. The van der Waals surface area contributed by atoms with Crippen LogP contribution >= 0.6 is 0 Å². The highest BCUT2D eigenvalue weighted by molar-refractivity contribution is 5.85. The SMILES string of the molecule is c1ccc(-c2ccc(-c3ccccc3)c(-c3nc(-c4ccccc4)nc(-c4ccccc4)n3)c2)cc1. The van der Waals surface area contributed by atoms with Gasteiger partial charge in [0.25, 0.3) is 0 Å². The van der Waals surface area contributed by atoms with Gasteiger partial charge < -0.3 is 0 Å². The lowest BCUT2D eigenvalue weighted by Gasteiger charge is -2.14. The van der Waals surface area contributed by atoms with Crippen molar-refractivity contribution >= 4 is 0 Å². The molecular weight excluding hydrogens is 438 g/mol. The average Bonchev–Trinajstić information content (AvgIpc) is 2.98. The van der Waals surface area contributed by atoms with E-state index in [1.54, 1.807) is 0 Å². The van der Waals surface area contributed by atoms with Crippen LogP contribution in [0.25, 0.3) is 56.4 Å². The van der Waals surface area contributed by atoms with E-state index in [1.165, 1.54) is 0 Å². The molecule has 1 aromatic heterocycles. The summed E-state index contributed by atoms with van der Waals surface area (Å²) in [4.78, 5) is 14.9. The van der Waals surface area contributed by atoms with E-state index in [-0.39, 0.29) is 0 Å². The van der Waals surface area contributed by atoms with Crippen molar-refractivity contribution in [2.24, 2.45) is 0 Å². The fourth-order valence-electron chi connectivity index (χ4n) is 4.34. The molecule has 6 aromatic rings. The fourth-order valence-corrected chi connectivity index (χ4v) is 4.34. The van der Waals surface area contributed by atoms with Gasteiger partial charge in [0.15, 0.2) is 17.5 Å². The van der Waals surface area contributed by atoms with E-state index in [0.29, 0.717) is 17.5 Å². The van der Waals surface area contributed by atoms with Gasteiger partial charge in [-0.05, 0) is 28.3 Å². The van der Waals surface area contributed by atoms with Crippen LogP contribution in [0.15, 0.2) is 140 Å². The lowest BCUT2D eigenvalue weighted by molar-refractivity contribution is 1.07. The van der Waals surface area contributed by atoms with Crippen molar-refractivity contribution in [3.63, 3.8) is 0 Å². The van der Waals surface area contributed by atoms with Crippen LogP contribution in [0.1, 0.15) is 0 Å². The Morgan fingerprint density at radius 3 is 1.19 bits per heavy atom. The monoisotopic (exact) mass is 461 g/mol. The van der Waals surface area contributed by atoms with Crippen LogP contribution in [0.3, 0.4) is 0 Å². The zero-order valence-corrected chi connectivity index (χ0v) is 19.6. The second-order valence-corrected chi connectivity index (χ2v) is 8.53. The summed E-state index contributed by atoms with van der Waals surface area (Å²) in [5.74, 6) is 1.96. The van der Waals surface area contributed by atoms with Crippen molar-refractivity contribution in [1.82, 2.24) is 15.0 Å². The van der Waals surface area contributed by atoms with E-state index in [9.17, 15) is 0 Å². The first-order valence-corrected chi connectivity index (χ1v) is 12.0. The summed E-state index contributed by atoms with van der Waals surface area (Å²) in [7, 11) is 0. The minimum Gasteiger partial charge on any atom is -0.208 e. The van der Waals surface area contributed by atoms with Crippen LogP contribution < -0.4 is 0 Å². The number of hydrogen-bond donors (Lipinski definition) is 0. The molecule has 0 amide bonds. The molecule has 0 aliphatic rings. The maximum absolute atomic E-state index is 5.00. The number of benzene rings is 5. The van der Waals surface area contributed by atoms with Crippen molar-refractivity contribution in [2.75, 3.05) is 0 Å². The van der Waals surface area contributed by atoms with Gasteiger partial charge in [-0.15, -0.1) is 0 Å². The van der Waals surface area contributed by atoms with Gasteiger partial charge in [0.1, 0.15) is 0 Å². The molecule has 0 spiro atoms. The minimum atomic E-state index is 0.652. The van der Waals surface area contributed by atoms with E-state index in [2.05, 4.69) is 66.7 Å². The zero-order chi connectivity index (χ0) is 24.2. The van der Waals surface area contributed by atoms with Crippen LogP contribution in [0.4, 0.5) is 0 Å². The lowest BCUT2D eigenvalue weighted by Crippen LogP contribution is -2.01.